The van der Waals surface area contributed by atoms with Crippen molar-refractivity contribution in [1.29, 1.82) is 0 Å². The van der Waals surface area contributed by atoms with Crippen LogP contribution in [0.1, 0.15) is 19.8 Å². The molecule has 10 heteroatoms. The highest BCUT2D eigenvalue weighted by atomic mass is 35.5. The molecule has 2 atom stereocenters. The van der Waals surface area contributed by atoms with Crippen molar-refractivity contribution in [1.82, 2.24) is 5.32 Å². The molecule has 1 aromatic carbocycles. The number of amides is 2. The highest BCUT2D eigenvalue weighted by molar-refractivity contribution is 7.80. The molecule has 1 aromatic rings. The third-order valence-electron chi connectivity index (χ3n) is 5.02. The second-order valence-corrected chi connectivity index (χ2v) is 7.98. The SMILES string of the molecule is C=N/C=C(\C=NC)[C@](C)(C(=O)NC1CCOCC1)N(C(=O)[C@H](F)Cl)c1ccc(S)cc1. The molecule has 1 aliphatic rings. The van der Waals surface area contributed by atoms with Crippen molar-refractivity contribution in [2.24, 2.45) is 9.98 Å². The van der Waals surface area contributed by atoms with Crippen molar-refractivity contribution in [3.63, 3.8) is 0 Å². The lowest BCUT2D eigenvalue weighted by Gasteiger charge is -2.41. The van der Waals surface area contributed by atoms with Gasteiger partial charge in [-0.25, -0.2) is 4.39 Å². The molecule has 168 valence electrons. The Morgan fingerprint density at radius 1 is 1.39 bits per heavy atom. The number of carbonyl (C=O) groups is 2. The minimum atomic E-state index is -2.37. The summed E-state index contributed by atoms with van der Waals surface area (Å²) in [5, 5.41) is 2.95. The molecule has 2 amide bonds. The quantitative estimate of drug-likeness (QED) is 0.349. The number of halogens is 2. The number of benzene rings is 1. The summed E-state index contributed by atoms with van der Waals surface area (Å²) >= 11 is 9.81. The first-order valence-electron chi connectivity index (χ1n) is 9.64. The predicted molar refractivity (Wildman–Crippen MR) is 124 cm³/mol. The fraction of sp³-hybridized carbons (Fsp3) is 0.429. The Kier molecular flexibility index (Phi) is 9.21. The highest BCUT2D eigenvalue weighted by Crippen LogP contribution is 2.33. The van der Waals surface area contributed by atoms with Crippen LogP contribution in [-0.2, 0) is 14.3 Å². The zero-order valence-electron chi connectivity index (χ0n) is 17.4. The summed E-state index contributed by atoms with van der Waals surface area (Å²) in [7, 11) is 1.51. The molecule has 0 aromatic heterocycles. The monoisotopic (exact) mass is 468 g/mol. The van der Waals surface area contributed by atoms with Gasteiger partial charge < -0.3 is 10.1 Å². The Balaban J connectivity index is 2.66. The van der Waals surface area contributed by atoms with Crippen molar-refractivity contribution in [3.05, 3.63) is 36.0 Å². The second-order valence-electron chi connectivity index (χ2n) is 7.08. The van der Waals surface area contributed by atoms with E-state index in [0.29, 0.717) is 31.0 Å². The van der Waals surface area contributed by atoms with Crippen LogP contribution in [0.5, 0.6) is 0 Å². The molecule has 1 saturated heterocycles. The van der Waals surface area contributed by atoms with E-state index >= 15 is 0 Å². The third-order valence-corrected chi connectivity index (χ3v) is 5.51. The number of hydrogen-bond donors (Lipinski definition) is 2. The van der Waals surface area contributed by atoms with Gasteiger partial charge >= 0.3 is 0 Å². The molecule has 1 aliphatic heterocycles. The number of nitrogens with one attached hydrogen (secondary N) is 1. The lowest BCUT2D eigenvalue weighted by molar-refractivity contribution is -0.130. The van der Waals surface area contributed by atoms with E-state index in [4.69, 9.17) is 16.3 Å². The Bertz CT molecular complexity index is 857. The molecule has 0 bridgehead atoms. The lowest BCUT2D eigenvalue weighted by Crippen LogP contribution is -2.63. The topological polar surface area (TPSA) is 83.4 Å². The standard InChI is InChI=1S/C21H26ClFN4O3S/c1-21(14(12-24-2)13-25-3,20(29)26-15-8-10-30-11-9-15)27(19(28)18(22)23)16-4-6-17(31)7-5-16/h4-7,12-13,15,18,31H,2,8-11H2,1,3H3,(H,26,29)/b14-12+,25-13?/t18-,21+/m0/s1. The van der Waals surface area contributed by atoms with Gasteiger partial charge in [0, 0.05) is 54.9 Å². The molecule has 7 nitrogen and oxygen atoms in total. The summed E-state index contributed by atoms with van der Waals surface area (Å²) in [4.78, 5) is 36.0. The van der Waals surface area contributed by atoms with Crippen LogP contribution in [0.15, 0.2) is 50.9 Å². The fourth-order valence-corrected chi connectivity index (χ4v) is 3.60. The maximum Gasteiger partial charge on any atom is 0.278 e. The Morgan fingerprint density at radius 2 is 2.00 bits per heavy atom. The molecule has 31 heavy (non-hydrogen) atoms. The number of hydrogen-bond acceptors (Lipinski definition) is 6. The van der Waals surface area contributed by atoms with Crippen LogP contribution in [0, 0.1) is 0 Å². The smallest absolute Gasteiger partial charge is 0.278 e. The van der Waals surface area contributed by atoms with Gasteiger partial charge in [0.1, 0.15) is 0 Å². The normalized spacial score (nSPS) is 18.3. The Labute approximate surface area is 191 Å². The van der Waals surface area contributed by atoms with E-state index in [1.807, 2.05) is 0 Å². The molecule has 0 unspecified atom stereocenters. The van der Waals surface area contributed by atoms with Crippen molar-refractivity contribution >= 4 is 54.7 Å². The summed E-state index contributed by atoms with van der Waals surface area (Å²) in [5.41, 5.74) is -3.61. The number of nitrogens with zero attached hydrogens (tertiary/aromatic N) is 3. The minimum absolute atomic E-state index is 0.161. The van der Waals surface area contributed by atoms with Gasteiger partial charge in [-0.05, 0) is 50.7 Å². The average Bonchev–Trinajstić information content (AvgIpc) is 2.75. The minimum Gasteiger partial charge on any atom is -0.381 e. The summed E-state index contributed by atoms with van der Waals surface area (Å²) in [6, 6.07) is 6.20. The van der Waals surface area contributed by atoms with Gasteiger partial charge in [0.05, 0.1) is 0 Å². The third kappa shape index (κ3) is 5.93. The summed E-state index contributed by atoms with van der Waals surface area (Å²) in [6.07, 6.45) is 3.93. The maximum atomic E-state index is 14.1. The van der Waals surface area contributed by atoms with Crippen LogP contribution in [0.3, 0.4) is 0 Å². The van der Waals surface area contributed by atoms with E-state index in [9.17, 15) is 14.0 Å². The zero-order valence-corrected chi connectivity index (χ0v) is 19.1. The number of rotatable bonds is 8. The first-order chi connectivity index (χ1) is 14.7. The molecule has 0 spiro atoms. The van der Waals surface area contributed by atoms with Crippen LogP contribution in [0.25, 0.3) is 0 Å². The van der Waals surface area contributed by atoms with Gasteiger partial charge in [-0.1, -0.05) is 11.6 Å². The van der Waals surface area contributed by atoms with Crippen molar-refractivity contribution in [2.45, 2.75) is 41.9 Å². The summed E-state index contributed by atoms with van der Waals surface area (Å²) in [5.74, 6) is -1.63. The lowest BCUT2D eigenvalue weighted by atomic mass is 9.87. The fourth-order valence-electron chi connectivity index (χ4n) is 3.36. The number of thiol groups is 1. The van der Waals surface area contributed by atoms with Gasteiger partial charge in [-0.3, -0.25) is 24.5 Å². The Morgan fingerprint density at radius 3 is 2.52 bits per heavy atom. The van der Waals surface area contributed by atoms with Crippen LogP contribution < -0.4 is 10.2 Å². The highest BCUT2D eigenvalue weighted by Gasteiger charge is 2.48. The first-order valence-corrected chi connectivity index (χ1v) is 10.5. The van der Waals surface area contributed by atoms with Gasteiger partial charge in [0.15, 0.2) is 5.54 Å². The summed E-state index contributed by atoms with van der Waals surface area (Å²) < 4.78 is 19.5. The number of anilines is 1. The van der Waals surface area contributed by atoms with E-state index in [2.05, 4.69) is 34.6 Å². The van der Waals surface area contributed by atoms with Crippen molar-refractivity contribution < 1.29 is 18.7 Å². The van der Waals surface area contributed by atoms with Gasteiger partial charge in [0.2, 0.25) is 0 Å². The van der Waals surface area contributed by atoms with Gasteiger partial charge in [0.25, 0.3) is 17.4 Å². The number of ether oxygens (including phenoxy) is 1. The molecule has 0 saturated carbocycles. The maximum absolute atomic E-state index is 14.1. The van der Waals surface area contributed by atoms with E-state index in [1.54, 1.807) is 24.3 Å². The predicted octanol–water partition coefficient (Wildman–Crippen LogP) is 3.18. The van der Waals surface area contributed by atoms with Crippen LogP contribution in [0.2, 0.25) is 0 Å². The van der Waals surface area contributed by atoms with Gasteiger partial charge in [-0.15, -0.1) is 12.6 Å². The van der Waals surface area contributed by atoms with Crippen LogP contribution >= 0.6 is 24.2 Å². The zero-order chi connectivity index (χ0) is 23.0. The Hall–Kier alpha value is -2.23. The summed E-state index contributed by atoms with van der Waals surface area (Å²) in [6.45, 7) is 5.96. The van der Waals surface area contributed by atoms with E-state index in [-0.39, 0.29) is 17.3 Å². The van der Waals surface area contributed by atoms with Crippen molar-refractivity contribution in [2.75, 3.05) is 25.2 Å². The van der Waals surface area contributed by atoms with Crippen LogP contribution in [-0.4, -0.2) is 62.2 Å². The first kappa shape index (κ1) is 25.0. The molecular weight excluding hydrogens is 443 g/mol. The number of carbonyl (C=O) groups excluding carboxylic acids is 2. The van der Waals surface area contributed by atoms with Crippen LogP contribution in [0.4, 0.5) is 10.1 Å². The number of alkyl halides is 2. The molecule has 0 radical (unpaired) electrons. The molecular formula is C21H26ClFN4O3S. The van der Waals surface area contributed by atoms with E-state index < -0.39 is 23.0 Å². The van der Waals surface area contributed by atoms with Crippen molar-refractivity contribution in [3.8, 4) is 0 Å². The van der Waals surface area contributed by atoms with Gasteiger partial charge in [-0.2, -0.15) is 0 Å². The second kappa shape index (κ2) is 11.4. The van der Waals surface area contributed by atoms with E-state index in [1.165, 1.54) is 26.4 Å². The molecule has 2 rings (SSSR count). The number of aliphatic imine (C=N–C) groups is 2. The largest absolute Gasteiger partial charge is 0.381 e. The average molecular weight is 469 g/mol. The molecule has 1 heterocycles. The molecule has 1 N–H and O–H groups in total. The van der Waals surface area contributed by atoms with E-state index in [0.717, 1.165) is 4.90 Å². The molecule has 0 aliphatic carbocycles. The molecule has 1 fully saturated rings.